The van der Waals surface area contributed by atoms with E-state index in [-0.39, 0.29) is 0 Å². The Morgan fingerprint density at radius 2 is 1.58 bits per heavy atom. The Labute approximate surface area is 208 Å². The number of hydrogen-bond donors (Lipinski definition) is 3. The summed E-state index contributed by atoms with van der Waals surface area (Å²) < 4.78 is 1.89. The number of hydrogen-bond acceptors (Lipinski definition) is 7. The van der Waals surface area contributed by atoms with Crippen LogP contribution in [0.3, 0.4) is 0 Å². The van der Waals surface area contributed by atoms with E-state index in [1.54, 1.807) is 0 Å². The Kier molecular flexibility index (Phi) is 4.49. The zero-order chi connectivity index (χ0) is 24.5. The highest BCUT2D eigenvalue weighted by Crippen LogP contribution is 2.57. The number of aliphatic hydroxyl groups is 1. The molecule has 0 aliphatic heterocycles. The van der Waals surface area contributed by atoms with Crippen molar-refractivity contribution in [1.82, 2.24) is 24.6 Å². The molecular formula is C28H27N7O. The molecule has 36 heavy (non-hydrogen) atoms. The summed E-state index contributed by atoms with van der Waals surface area (Å²) in [5.41, 5.74) is 12.4. The maximum absolute atomic E-state index is 10.8. The van der Waals surface area contributed by atoms with E-state index in [9.17, 15) is 5.11 Å². The lowest BCUT2D eigenvalue weighted by molar-refractivity contribution is -0.106. The maximum atomic E-state index is 10.8. The molecule has 0 spiro atoms. The highest BCUT2D eigenvalue weighted by molar-refractivity contribution is 5.86. The van der Waals surface area contributed by atoms with Crippen molar-refractivity contribution in [2.24, 2.45) is 11.7 Å². The van der Waals surface area contributed by atoms with Crippen LogP contribution in [0, 0.1) is 5.92 Å². The van der Waals surface area contributed by atoms with Crippen molar-refractivity contribution in [2.75, 3.05) is 12.4 Å². The summed E-state index contributed by atoms with van der Waals surface area (Å²) in [4.78, 5) is 10.2. The number of aromatic nitrogens is 5. The molecule has 0 unspecified atom stereocenters. The van der Waals surface area contributed by atoms with Crippen molar-refractivity contribution in [3.05, 3.63) is 72.3 Å². The number of rotatable bonds is 5. The molecule has 3 aromatic heterocycles. The third kappa shape index (κ3) is 3.22. The monoisotopic (exact) mass is 477 g/mol. The first-order valence-corrected chi connectivity index (χ1v) is 12.4. The molecule has 0 saturated heterocycles. The van der Waals surface area contributed by atoms with E-state index in [4.69, 9.17) is 15.7 Å². The van der Waals surface area contributed by atoms with Crippen molar-refractivity contribution >= 4 is 22.8 Å². The van der Waals surface area contributed by atoms with Gasteiger partial charge in [0.05, 0.1) is 17.0 Å². The maximum Gasteiger partial charge on any atom is 0.230 e. The second-order valence-electron chi connectivity index (χ2n) is 10.3. The van der Waals surface area contributed by atoms with Crippen LogP contribution in [0.15, 0.2) is 66.7 Å². The molecule has 8 heteroatoms. The summed E-state index contributed by atoms with van der Waals surface area (Å²) in [6, 6.07) is 22.2. The SMILES string of the molecule is CNc1nnc2ccc3nc(-c4ccc(C5(N)CC(O)(C6CC6)C5)cc4)c(-c4ccccc4)nc3n12. The van der Waals surface area contributed by atoms with Gasteiger partial charge in [0.2, 0.25) is 5.95 Å². The van der Waals surface area contributed by atoms with Crippen LogP contribution >= 0.6 is 0 Å². The van der Waals surface area contributed by atoms with E-state index in [2.05, 4.69) is 39.8 Å². The van der Waals surface area contributed by atoms with E-state index in [0.717, 1.165) is 46.4 Å². The van der Waals surface area contributed by atoms with Crippen LogP contribution in [-0.4, -0.2) is 42.3 Å². The molecule has 2 aliphatic rings. The topological polar surface area (TPSA) is 114 Å². The van der Waals surface area contributed by atoms with Crippen molar-refractivity contribution < 1.29 is 5.11 Å². The van der Waals surface area contributed by atoms with E-state index >= 15 is 0 Å². The molecule has 0 atom stereocenters. The highest BCUT2D eigenvalue weighted by Gasteiger charge is 2.58. The van der Waals surface area contributed by atoms with Crippen molar-refractivity contribution in [2.45, 2.75) is 36.8 Å². The Balaban J connectivity index is 1.35. The minimum absolute atomic E-state index is 0.426. The molecule has 2 aliphatic carbocycles. The Morgan fingerprint density at radius 1 is 0.889 bits per heavy atom. The fourth-order valence-electron chi connectivity index (χ4n) is 5.76. The van der Waals surface area contributed by atoms with Crippen molar-refractivity contribution in [3.63, 3.8) is 0 Å². The van der Waals surface area contributed by atoms with Crippen LogP contribution in [0.2, 0.25) is 0 Å². The number of pyridine rings is 1. The third-order valence-electron chi connectivity index (χ3n) is 7.78. The van der Waals surface area contributed by atoms with Gasteiger partial charge in [-0.2, -0.15) is 0 Å². The Hall–Kier alpha value is -3.88. The van der Waals surface area contributed by atoms with Gasteiger partial charge in [-0.25, -0.2) is 14.4 Å². The molecule has 3 heterocycles. The normalized spacial score (nSPS) is 23.6. The second-order valence-corrected chi connectivity index (χ2v) is 10.3. The van der Waals surface area contributed by atoms with Gasteiger partial charge < -0.3 is 16.2 Å². The smallest absolute Gasteiger partial charge is 0.230 e. The fraction of sp³-hybridized carbons (Fsp3) is 0.286. The first-order valence-electron chi connectivity index (χ1n) is 12.4. The number of nitrogens with zero attached hydrogens (tertiary/aromatic N) is 5. The molecular weight excluding hydrogens is 450 g/mol. The van der Waals surface area contributed by atoms with E-state index in [0.29, 0.717) is 36.0 Å². The molecule has 7 rings (SSSR count). The summed E-state index contributed by atoms with van der Waals surface area (Å²) in [6.45, 7) is 0. The van der Waals surface area contributed by atoms with Gasteiger partial charge in [-0.3, -0.25) is 0 Å². The van der Waals surface area contributed by atoms with Gasteiger partial charge in [0.1, 0.15) is 5.52 Å². The van der Waals surface area contributed by atoms with Crippen LogP contribution in [0.25, 0.3) is 39.3 Å². The van der Waals surface area contributed by atoms with Gasteiger partial charge in [-0.05, 0) is 49.3 Å². The summed E-state index contributed by atoms with van der Waals surface area (Å²) in [5.74, 6) is 1.04. The molecule has 2 fully saturated rings. The minimum Gasteiger partial charge on any atom is -0.389 e. The number of nitrogens with one attached hydrogen (secondary N) is 1. The fourth-order valence-corrected chi connectivity index (χ4v) is 5.76. The van der Waals surface area contributed by atoms with Crippen LogP contribution in [0.5, 0.6) is 0 Å². The van der Waals surface area contributed by atoms with Gasteiger partial charge in [0, 0.05) is 23.7 Å². The van der Waals surface area contributed by atoms with E-state index in [1.807, 2.05) is 53.9 Å². The number of benzene rings is 2. The molecule has 2 aromatic carbocycles. The van der Waals surface area contributed by atoms with Crippen molar-refractivity contribution in [3.8, 4) is 22.5 Å². The molecule has 4 N–H and O–H groups in total. The molecule has 2 saturated carbocycles. The lowest BCUT2D eigenvalue weighted by Crippen LogP contribution is -2.60. The van der Waals surface area contributed by atoms with E-state index < -0.39 is 11.1 Å². The van der Waals surface area contributed by atoms with Crippen LogP contribution in [0.1, 0.15) is 31.2 Å². The van der Waals surface area contributed by atoms with Gasteiger partial charge >= 0.3 is 0 Å². The zero-order valence-electron chi connectivity index (χ0n) is 20.0. The zero-order valence-corrected chi connectivity index (χ0v) is 20.0. The van der Waals surface area contributed by atoms with Gasteiger partial charge in [0.25, 0.3) is 0 Å². The molecule has 0 amide bonds. The lowest BCUT2D eigenvalue weighted by Gasteiger charge is -2.52. The van der Waals surface area contributed by atoms with Crippen LogP contribution in [-0.2, 0) is 5.54 Å². The number of anilines is 1. The Morgan fingerprint density at radius 3 is 2.28 bits per heavy atom. The molecule has 180 valence electrons. The standard InChI is InChI=1S/C28H27N7O/c1-30-26-34-33-22-14-13-21-25(35(22)26)32-24(17-5-3-2-4-6-17)23(31-21)18-7-9-19(10-8-18)27(29)15-28(36,16-27)20-11-12-20/h2-10,13-14,20,36H,11-12,15-16,29H2,1H3,(H,30,34). The number of fused-ring (bicyclic) bond motifs is 3. The summed E-state index contributed by atoms with van der Waals surface area (Å²) >= 11 is 0. The number of nitrogens with two attached hydrogens (primary N) is 1. The third-order valence-corrected chi connectivity index (χ3v) is 7.78. The largest absolute Gasteiger partial charge is 0.389 e. The average Bonchev–Trinajstić information content (AvgIpc) is 3.67. The summed E-state index contributed by atoms with van der Waals surface area (Å²) in [7, 11) is 1.81. The van der Waals surface area contributed by atoms with Crippen LogP contribution in [0.4, 0.5) is 5.95 Å². The molecule has 0 bridgehead atoms. The molecule has 5 aromatic rings. The predicted molar refractivity (Wildman–Crippen MR) is 139 cm³/mol. The summed E-state index contributed by atoms with van der Waals surface area (Å²) in [5, 5.41) is 22.4. The predicted octanol–water partition coefficient (Wildman–Crippen LogP) is 4.14. The van der Waals surface area contributed by atoms with Gasteiger partial charge in [0.15, 0.2) is 11.3 Å². The van der Waals surface area contributed by atoms with Gasteiger partial charge in [-0.1, -0.05) is 54.6 Å². The Bertz CT molecular complexity index is 1600. The highest BCUT2D eigenvalue weighted by atomic mass is 16.3. The van der Waals surface area contributed by atoms with Crippen molar-refractivity contribution in [1.29, 1.82) is 0 Å². The quantitative estimate of drug-likeness (QED) is 0.349. The molecule has 0 radical (unpaired) electrons. The van der Waals surface area contributed by atoms with E-state index in [1.165, 1.54) is 0 Å². The minimum atomic E-state index is -0.586. The van der Waals surface area contributed by atoms with Gasteiger partial charge in [-0.15, -0.1) is 10.2 Å². The second kappa shape index (κ2) is 7.56. The first-order chi connectivity index (χ1) is 17.5. The average molecular weight is 478 g/mol. The summed E-state index contributed by atoms with van der Waals surface area (Å²) in [6.07, 6.45) is 3.48. The van der Waals surface area contributed by atoms with Crippen LogP contribution < -0.4 is 11.1 Å². The molecule has 8 nitrogen and oxygen atoms in total. The first kappa shape index (κ1) is 21.4. The lowest BCUT2D eigenvalue weighted by atomic mass is 9.60.